The largest absolute Gasteiger partial charge is 0.368 e. The van der Waals surface area contributed by atoms with Crippen molar-refractivity contribution < 1.29 is 0 Å². The third-order valence-electron chi connectivity index (χ3n) is 2.70. The highest BCUT2D eigenvalue weighted by Gasteiger charge is 2.16. The molecule has 2 aromatic heterocycles. The molecule has 0 amide bonds. The minimum atomic E-state index is 0.0948. The summed E-state index contributed by atoms with van der Waals surface area (Å²) in [5.41, 5.74) is 5.69. The highest BCUT2D eigenvalue weighted by molar-refractivity contribution is 7.16. The predicted octanol–water partition coefficient (Wildman–Crippen LogP) is 2.01. The predicted molar refractivity (Wildman–Crippen MR) is 69.9 cm³/mol. The van der Waals surface area contributed by atoms with E-state index < -0.39 is 0 Å². The van der Waals surface area contributed by atoms with Crippen molar-refractivity contribution in [3.8, 4) is 6.07 Å². The Morgan fingerprint density at radius 1 is 1.59 bits per heavy atom. The average Bonchev–Trinajstić information content (AvgIpc) is 2.75. The van der Waals surface area contributed by atoms with E-state index in [2.05, 4.69) is 16.0 Å². The summed E-state index contributed by atoms with van der Waals surface area (Å²) in [5, 5.41) is 11.7. The molecule has 5 nitrogen and oxygen atoms in total. The number of nitrogens with zero attached hydrogens (tertiary/aromatic N) is 4. The SMILES string of the molecule is CC(CC#N)N(C)c1nc(N)nc2sccc12. The number of nitrogens with two attached hydrogens (primary N) is 1. The van der Waals surface area contributed by atoms with Crippen molar-refractivity contribution in [1.29, 1.82) is 5.26 Å². The van der Waals surface area contributed by atoms with Gasteiger partial charge in [-0.3, -0.25) is 0 Å². The lowest BCUT2D eigenvalue weighted by molar-refractivity contribution is 0.696. The van der Waals surface area contributed by atoms with Gasteiger partial charge in [0.05, 0.1) is 17.9 Å². The molecule has 0 aliphatic heterocycles. The van der Waals surface area contributed by atoms with Crippen molar-refractivity contribution >= 4 is 33.3 Å². The Kier molecular flexibility index (Phi) is 3.11. The van der Waals surface area contributed by atoms with Gasteiger partial charge in [-0.1, -0.05) is 0 Å². The smallest absolute Gasteiger partial charge is 0.223 e. The van der Waals surface area contributed by atoms with Gasteiger partial charge in [0.25, 0.3) is 0 Å². The van der Waals surface area contributed by atoms with Crippen LogP contribution in [-0.2, 0) is 0 Å². The number of aromatic nitrogens is 2. The molecule has 0 fully saturated rings. The maximum Gasteiger partial charge on any atom is 0.223 e. The number of nitrogen functional groups attached to an aromatic ring is 1. The van der Waals surface area contributed by atoms with Crippen molar-refractivity contribution in [1.82, 2.24) is 9.97 Å². The van der Waals surface area contributed by atoms with Gasteiger partial charge >= 0.3 is 0 Å². The summed E-state index contributed by atoms with van der Waals surface area (Å²) >= 11 is 1.54. The minimum absolute atomic E-state index is 0.0948. The zero-order chi connectivity index (χ0) is 12.4. The number of hydrogen-bond donors (Lipinski definition) is 1. The summed E-state index contributed by atoms with van der Waals surface area (Å²) in [4.78, 5) is 11.3. The van der Waals surface area contributed by atoms with Gasteiger partial charge in [0, 0.05) is 13.1 Å². The Labute approximate surface area is 104 Å². The summed E-state index contributed by atoms with van der Waals surface area (Å²) in [6, 6.07) is 4.23. The molecule has 0 saturated heterocycles. The molecule has 1 atom stereocenters. The number of fused-ring (bicyclic) bond motifs is 1. The number of rotatable bonds is 3. The van der Waals surface area contributed by atoms with Crippen LogP contribution < -0.4 is 10.6 Å². The molecule has 2 heterocycles. The fraction of sp³-hybridized carbons (Fsp3) is 0.364. The van der Waals surface area contributed by atoms with Crippen LogP contribution in [0, 0.1) is 11.3 Å². The van der Waals surface area contributed by atoms with E-state index in [9.17, 15) is 0 Å². The van der Waals surface area contributed by atoms with Crippen LogP contribution in [0.1, 0.15) is 13.3 Å². The van der Waals surface area contributed by atoms with Crippen LogP contribution >= 0.6 is 11.3 Å². The Morgan fingerprint density at radius 3 is 3.06 bits per heavy atom. The summed E-state index contributed by atoms with van der Waals surface area (Å²) in [6.07, 6.45) is 0.450. The molecule has 0 radical (unpaired) electrons. The maximum atomic E-state index is 8.73. The van der Waals surface area contributed by atoms with Crippen molar-refractivity contribution in [2.45, 2.75) is 19.4 Å². The Hall–Kier alpha value is -1.87. The molecule has 0 aromatic carbocycles. The van der Waals surface area contributed by atoms with Gasteiger partial charge in [0.2, 0.25) is 5.95 Å². The molecule has 0 bridgehead atoms. The van der Waals surface area contributed by atoms with Gasteiger partial charge in [-0.15, -0.1) is 11.3 Å². The van der Waals surface area contributed by atoms with E-state index in [4.69, 9.17) is 11.0 Å². The third kappa shape index (κ3) is 2.15. The van der Waals surface area contributed by atoms with E-state index >= 15 is 0 Å². The van der Waals surface area contributed by atoms with Crippen molar-refractivity contribution in [3.63, 3.8) is 0 Å². The summed E-state index contributed by atoms with van der Waals surface area (Å²) < 4.78 is 0. The second-order valence-electron chi connectivity index (χ2n) is 3.87. The molecule has 17 heavy (non-hydrogen) atoms. The number of hydrogen-bond acceptors (Lipinski definition) is 6. The number of anilines is 2. The maximum absolute atomic E-state index is 8.73. The van der Waals surface area contributed by atoms with Gasteiger partial charge in [0.1, 0.15) is 10.6 Å². The first-order valence-corrected chi connectivity index (χ1v) is 6.12. The zero-order valence-corrected chi connectivity index (χ0v) is 10.5. The highest BCUT2D eigenvalue weighted by Crippen LogP contribution is 2.29. The monoisotopic (exact) mass is 247 g/mol. The van der Waals surface area contributed by atoms with Crippen LogP contribution in [0.15, 0.2) is 11.4 Å². The first kappa shape index (κ1) is 11.6. The second kappa shape index (κ2) is 4.55. The highest BCUT2D eigenvalue weighted by atomic mass is 32.1. The summed E-state index contributed by atoms with van der Waals surface area (Å²) in [5.74, 6) is 1.06. The topological polar surface area (TPSA) is 78.8 Å². The van der Waals surface area contributed by atoms with Crippen LogP contribution in [0.25, 0.3) is 10.2 Å². The van der Waals surface area contributed by atoms with Gasteiger partial charge in [-0.2, -0.15) is 10.2 Å². The third-order valence-corrected chi connectivity index (χ3v) is 3.51. The molecular weight excluding hydrogens is 234 g/mol. The normalized spacial score (nSPS) is 12.3. The van der Waals surface area contributed by atoms with Gasteiger partial charge in [-0.05, 0) is 18.4 Å². The van der Waals surface area contributed by atoms with Crippen LogP contribution in [0.4, 0.5) is 11.8 Å². The molecule has 88 valence electrons. The van der Waals surface area contributed by atoms with Crippen molar-refractivity contribution in [2.75, 3.05) is 17.7 Å². The minimum Gasteiger partial charge on any atom is -0.368 e. The van der Waals surface area contributed by atoms with Crippen LogP contribution in [0.2, 0.25) is 0 Å². The zero-order valence-electron chi connectivity index (χ0n) is 9.71. The van der Waals surface area contributed by atoms with E-state index in [1.807, 2.05) is 30.3 Å². The molecule has 0 spiro atoms. The standard InChI is InChI=1S/C11H13N5S/c1-7(3-5-12)16(2)9-8-4-6-17-10(8)15-11(13)14-9/h4,6-7H,3H2,1-2H3,(H2,13,14,15). The van der Waals surface area contributed by atoms with Crippen LogP contribution in [-0.4, -0.2) is 23.1 Å². The Bertz CT molecular complexity index is 571. The van der Waals surface area contributed by atoms with Crippen LogP contribution in [0.3, 0.4) is 0 Å². The lowest BCUT2D eigenvalue weighted by Crippen LogP contribution is -2.29. The molecule has 2 aromatic rings. The Morgan fingerprint density at radius 2 is 2.35 bits per heavy atom. The van der Waals surface area contributed by atoms with Crippen molar-refractivity contribution in [2.24, 2.45) is 0 Å². The van der Waals surface area contributed by atoms with E-state index in [1.54, 1.807) is 0 Å². The van der Waals surface area contributed by atoms with Gasteiger partial charge in [0.15, 0.2) is 0 Å². The van der Waals surface area contributed by atoms with E-state index in [-0.39, 0.29) is 12.0 Å². The van der Waals surface area contributed by atoms with Gasteiger partial charge < -0.3 is 10.6 Å². The lowest BCUT2D eigenvalue weighted by Gasteiger charge is -2.24. The van der Waals surface area contributed by atoms with E-state index in [0.29, 0.717) is 6.42 Å². The first-order valence-electron chi connectivity index (χ1n) is 5.24. The molecule has 2 rings (SSSR count). The van der Waals surface area contributed by atoms with Gasteiger partial charge in [-0.25, -0.2) is 4.98 Å². The van der Waals surface area contributed by atoms with E-state index in [0.717, 1.165) is 16.0 Å². The molecule has 0 aliphatic rings. The molecule has 2 N–H and O–H groups in total. The van der Waals surface area contributed by atoms with Crippen molar-refractivity contribution in [3.05, 3.63) is 11.4 Å². The van der Waals surface area contributed by atoms with E-state index in [1.165, 1.54) is 11.3 Å². The summed E-state index contributed by atoms with van der Waals surface area (Å²) in [7, 11) is 1.92. The molecule has 0 aliphatic carbocycles. The average molecular weight is 247 g/mol. The fourth-order valence-corrected chi connectivity index (χ4v) is 2.37. The summed E-state index contributed by atoms with van der Waals surface area (Å²) in [6.45, 7) is 1.99. The number of nitriles is 1. The van der Waals surface area contributed by atoms with Crippen LogP contribution in [0.5, 0.6) is 0 Å². The molecule has 1 unspecified atom stereocenters. The fourth-order valence-electron chi connectivity index (χ4n) is 1.60. The molecule has 0 saturated carbocycles. The Balaban J connectivity index is 2.47. The quantitative estimate of drug-likeness (QED) is 0.897. The molecule has 6 heteroatoms. The first-order chi connectivity index (χ1) is 8.13. The number of thiophene rings is 1. The second-order valence-corrected chi connectivity index (χ2v) is 4.76. The lowest BCUT2D eigenvalue weighted by atomic mass is 10.2. The molecular formula is C11H13N5S.